The van der Waals surface area contributed by atoms with E-state index in [1.54, 1.807) is 0 Å². The molecule has 0 radical (unpaired) electrons. The van der Waals surface area contributed by atoms with E-state index >= 15 is 0 Å². The van der Waals surface area contributed by atoms with Crippen molar-refractivity contribution in [2.75, 3.05) is 11.4 Å². The van der Waals surface area contributed by atoms with E-state index in [1.165, 1.54) is 38.5 Å². The number of aromatic nitrogens is 1. The third-order valence-corrected chi connectivity index (χ3v) is 4.69. The zero-order valence-electron chi connectivity index (χ0n) is 11.7. The minimum atomic E-state index is 0.0609. The first kappa shape index (κ1) is 13.2. The number of nitrogens with zero attached hydrogens (tertiary/aromatic N) is 3. The van der Waals surface area contributed by atoms with Gasteiger partial charge < -0.3 is 15.8 Å². The Morgan fingerprint density at radius 1 is 1.25 bits per heavy atom. The maximum Gasteiger partial charge on any atom is 0.188 e. The summed E-state index contributed by atoms with van der Waals surface area (Å²) < 4.78 is 0. The third kappa shape index (κ3) is 2.44. The Morgan fingerprint density at radius 2 is 2.05 bits per heavy atom. The Balaban J connectivity index is 1.80. The molecule has 108 valence electrons. The predicted molar refractivity (Wildman–Crippen MR) is 79.1 cm³/mol. The summed E-state index contributed by atoms with van der Waals surface area (Å²) in [7, 11) is 0. The monoisotopic (exact) mass is 274 g/mol. The van der Waals surface area contributed by atoms with Gasteiger partial charge in [-0.2, -0.15) is 0 Å². The van der Waals surface area contributed by atoms with Crippen LogP contribution in [0, 0.1) is 5.92 Å². The van der Waals surface area contributed by atoms with Crippen molar-refractivity contribution in [3.8, 4) is 0 Å². The van der Waals surface area contributed by atoms with Gasteiger partial charge in [0.25, 0.3) is 0 Å². The quantitative estimate of drug-likeness (QED) is 0.376. The second kappa shape index (κ2) is 5.69. The number of hydrogen-bond donors (Lipinski definition) is 2. The minimum Gasteiger partial charge on any atom is -0.409 e. The number of amidine groups is 1. The summed E-state index contributed by atoms with van der Waals surface area (Å²) in [6.07, 6.45) is 9.89. The van der Waals surface area contributed by atoms with E-state index in [-0.39, 0.29) is 5.84 Å². The van der Waals surface area contributed by atoms with Gasteiger partial charge in [0.2, 0.25) is 0 Å². The summed E-state index contributed by atoms with van der Waals surface area (Å²) in [6, 6.07) is 4.54. The predicted octanol–water partition coefficient (Wildman–Crippen LogP) is 2.34. The van der Waals surface area contributed by atoms with Crippen molar-refractivity contribution in [1.29, 1.82) is 0 Å². The van der Waals surface area contributed by atoms with Crippen LogP contribution in [0.2, 0.25) is 0 Å². The van der Waals surface area contributed by atoms with Gasteiger partial charge in [-0.05, 0) is 43.7 Å². The summed E-state index contributed by atoms with van der Waals surface area (Å²) in [4.78, 5) is 6.82. The lowest BCUT2D eigenvalue weighted by molar-refractivity contribution is 0.243. The molecule has 1 aromatic rings. The molecule has 3 N–H and O–H groups in total. The highest BCUT2D eigenvalue weighted by molar-refractivity contribution is 5.95. The molecule has 5 nitrogen and oxygen atoms in total. The zero-order chi connectivity index (χ0) is 13.9. The molecule has 0 bridgehead atoms. The number of pyridine rings is 1. The summed E-state index contributed by atoms with van der Waals surface area (Å²) >= 11 is 0. The van der Waals surface area contributed by atoms with Crippen LogP contribution in [0.25, 0.3) is 0 Å². The lowest BCUT2D eigenvalue weighted by Gasteiger charge is -2.45. The van der Waals surface area contributed by atoms with Crippen LogP contribution in [0.1, 0.15) is 44.2 Å². The van der Waals surface area contributed by atoms with Gasteiger partial charge in [-0.25, -0.2) is 0 Å². The van der Waals surface area contributed by atoms with Gasteiger partial charge in [-0.15, -0.1) is 0 Å². The topological polar surface area (TPSA) is 74.7 Å². The van der Waals surface area contributed by atoms with Gasteiger partial charge in [0.05, 0.1) is 11.9 Å². The van der Waals surface area contributed by atoms with Gasteiger partial charge in [0.1, 0.15) is 5.69 Å². The van der Waals surface area contributed by atoms with Gasteiger partial charge >= 0.3 is 0 Å². The highest BCUT2D eigenvalue weighted by Crippen LogP contribution is 2.37. The van der Waals surface area contributed by atoms with Crippen LogP contribution < -0.4 is 10.6 Å². The fourth-order valence-electron chi connectivity index (χ4n) is 3.70. The Hall–Kier alpha value is -1.78. The van der Waals surface area contributed by atoms with E-state index in [9.17, 15) is 0 Å². The molecule has 3 rings (SSSR count). The first-order chi connectivity index (χ1) is 9.79. The third-order valence-electron chi connectivity index (χ3n) is 4.69. The number of hydrogen-bond acceptors (Lipinski definition) is 4. The lowest BCUT2D eigenvalue weighted by atomic mass is 9.78. The zero-order valence-corrected chi connectivity index (χ0v) is 11.7. The minimum absolute atomic E-state index is 0.0609. The summed E-state index contributed by atoms with van der Waals surface area (Å²) in [5.74, 6) is 0.909. The van der Waals surface area contributed by atoms with Crippen molar-refractivity contribution in [1.82, 2.24) is 4.98 Å². The first-order valence-corrected chi connectivity index (χ1v) is 7.50. The van der Waals surface area contributed by atoms with Gasteiger partial charge in [0, 0.05) is 12.6 Å². The van der Waals surface area contributed by atoms with Crippen molar-refractivity contribution < 1.29 is 5.21 Å². The van der Waals surface area contributed by atoms with Gasteiger partial charge in [0.15, 0.2) is 5.84 Å². The average molecular weight is 274 g/mol. The number of rotatable bonds is 2. The molecule has 1 aliphatic carbocycles. The number of fused-ring (bicyclic) bond motifs is 1. The molecule has 2 atom stereocenters. The highest BCUT2D eigenvalue weighted by Gasteiger charge is 2.33. The van der Waals surface area contributed by atoms with Crippen molar-refractivity contribution in [2.45, 2.75) is 44.6 Å². The molecule has 2 heterocycles. The first-order valence-electron chi connectivity index (χ1n) is 7.50. The smallest absolute Gasteiger partial charge is 0.188 e. The molecule has 0 unspecified atom stereocenters. The summed E-state index contributed by atoms with van der Waals surface area (Å²) in [5.41, 5.74) is 7.24. The van der Waals surface area contributed by atoms with Crippen LogP contribution >= 0.6 is 0 Å². The van der Waals surface area contributed by atoms with E-state index < -0.39 is 0 Å². The molecule has 5 heteroatoms. The number of nitrogens with two attached hydrogens (primary N) is 1. The van der Waals surface area contributed by atoms with Gasteiger partial charge in [-0.1, -0.05) is 18.0 Å². The Kier molecular flexibility index (Phi) is 3.76. The van der Waals surface area contributed by atoms with E-state index in [1.807, 2.05) is 18.3 Å². The molecule has 0 amide bonds. The standard InChI is InChI=1S/C15H22N4O/c16-15(18-20)13-8-7-12(10-17-13)19-9-3-5-11-4-1-2-6-14(11)19/h7-8,10-11,14,20H,1-6,9H2,(H2,16,18)/t11-,14-/m1/s1. The normalized spacial score (nSPS) is 27.2. The lowest BCUT2D eigenvalue weighted by Crippen LogP contribution is -2.47. The fraction of sp³-hybridized carbons (Fsp3) is 0.600. The fourth-order valence-corrected chi connectivity index (χ4v) is 3.70. The van der Waals surface area contributed by atoms with Crippen LogP contribution in [-0.2, 0) is 0 Å². The summed E-state index contributed by atoms with van der Waals surface area (Å²) in [5, 5.41) is 11.7. The number of anilines is 1. The van der Waals surface area contributed by atoms with Crippen LogP contribution in [0.3, 0.4) is 0 Å². The second-order valence-corrected chi connectivity index (χ2v) is 5.83. The van der Waals surface area contributed by atoms with E-state index in [4.69, 9.17) is 10.9 Å². The SMILES string of the molecule is N/C(=N/O)c1ccc(N2CCC[C@H]3CCCC[C@H]32)cn1. The van der Waals surface area contributed by atoms with Crippen LogP contribution in [0.4, 0.5) is 5.69 Å². The number of oxime groups is 1. The highest BCUT2D eigenvalue weighted by atomic mass is 16.4. The molecule has 1 saturated carbocycles. The molecule has 0 spiro atoms. The van der Waals surface area contributed by atoms with Crippen LogP contribution in [0.5, 0.6) is 0 Å². The molecule has 1 aliphatic heterocycles. The molecule has 20 heavy (non-hydrogen) atoms. The van der Waals surface area contributed by atoms with E-state index in [0.717, 1.165) is 18.2 Å². The summed E-state index contributed by atoms with van der Waals surface area (Å²) in [6.45, 7) is 1.12. The maximum absolute atomic E-state index is 8.67. The largest absolute Gasteiger partial charge is 0.409 e. The molecule has 1 saturated heterocycles. The Bertz CT molecular complexity index is 483. The van der Waals surface area contributed by atoms with Crippen molar-refractivity contribution in [3.63, 3.8) is 0 Å². The maximum atomic E-state index is 8.67. The molecule has 0 aromatic carbocycles. The van der Waals surface area contributed by atoms with Crippen LogP contribution in [0.15, 0.2) is 23.5 Å². The van der Waals surface area contributed by atoms with Gasteiger partial charge in [-0.3, -0.25) is 4.98 Å². The molecular weight excluding hydrogens is 252 g/mol. The van der Waals surface area contributed by atoms with E-state index in [0.29, 0.717) is 11.7 Å². The molecular formula is C15H22N4O. The van der Waals surface area contributed by atoms with Crippen molar-refractivity contribution in [3.05, 3.63) is 24.0 Å². The Morgan fingerprint density at radius 3 is 2.80 bits per heavy atom. The molecule has 2 aliphatic rings. The molecule has 1 aromatic heterocycles. The molecule has 2 fully saturated rings. The van der Waals surface area contributed by atoms with Crippen molar-refractivity contribution in [2.24, 2.45) is 16.8 Å². The average Bonchev–Trinajstić information content (AvgIpc) is 2.54. The van der Waals surface area contributed by atoms with E-state index in [2.05, 4.69) is 15.0 Å². The van der Waals surface area contributed by atoms with Crippen molar-refractivity contribution >= 4 is 11.5 Å². The van der Waals surface area contributed by atoms with Crippen LogP contribution in [-0.4, -0.2) is 28.6 Å². The Labute approximate surface area is 119 Å². The second-order valence-electron chi connectivity index (χ2n) is 5.83. The number of piperidine rings is 1.